The molecule has 0 amide bonds. The first-order chi connectivity index (χ1) is 5.58. The molecular weight excluding hydrogens is 150 g/mol. The molecular formula is C10H15NO. The number of hydrogen-bond acceptors (Lipinski definition) is 2. The molecule has 0 saturated carbocycles. The molecule has 2 heteroatoms. The van der Waals surface area contributed by atoms with E-state index in [0.717, 1.165) is 5.69 Å². The van der Waals surface area contributed by atoms with E-state index in [1.54, 1.807) is 6.20 Å². The minimum Gasteiger partial charge on any atom is -0.370 e. The Kier molecular flexibility index (Phi) is 2.82. The fraction of sp³-hybridized carbons (Fsp3) is 0.500. The highest BCUT2D eigenvalue weighted by atomic mass is 16.5. The molecule has 0 aliphatic rings. The summed E-state index contributed by atoms with van der Waals surface area (Å²) in [6, 6.07) is 5.83. The van der Waals surface area contributed by atoms with Gasteiger partial charge in [-0.15, -0.1) is 0 Å². The Bertz CT molecular complexity index is 225. The van der Waals surface area contributed by atoms with Crippen LogP contribution >= 0.6 is 0 Å². The molecule has 1 heterocycles. The van der Waals surface area contributed by atoms with E-state index in [1.807, 2.05) is 39.0 Å². The van der Waals surface area contributed by atoms with Crippen molar-refractivity contribution in [2.24, 2.45) is 0 Å². The standard InChI is InChI=1S/C10H15NO/c1-10(2,3)12-8-9-6-4-5-7-11-9/h4-7H,8H2,1-3H3. The highest BCUT2D eigenvalue weighted by Gasteiger charge is 2.09. The zero-order valence-electron chi connectivity index (χ0n) is 7.87. The van der Waals surface area contributed by atoms with E-state index < -0.39 is 0 Å². The van der Waals surface area contributed by atoms with Crippen LogP contribution in [0.1, 0.15) is 26.5 Å². The normalized spacial score (nSPS) is 11.6. The van der Waals surface area contributed by atoms with Gasteiger partial charge in [0, 0.05) is 6.20 Å². The SMILES string of the molecule is CC(C)(C)OCc1ccccn1. The molecule has 0 N–H and O–H groups in total. The predicted molar refractivity (Wildman–Crippen MR) is 48.8 cm³/mol. The maximum atomic E-state index is 5.55. The van der Waals surface area contributed by atoms with E-state index in [4.69, 9.17) is 4.74 Å². The molecule has 0 unspecified atom stereocenters. The number of pyridine rings is 1. The van der Waals surface area contributed by atoms with Crippen LogP contribution in [0, 0.1) is 0 Å². The van der Waals surface area contributed by atoms with Crippen LogP contribution in [-0.2, 0) is 11.3 Å². The van der Waals surface area contributed by atoms with E-state index in [0.29, 0.717) is 6.61 Å². The quantitative estimate of drug-likeness (QED) is 0.671. The molecule has 0 radical (unpaired) electrons. The van der Waals surface area contributed by atoms with Gasteiger partial charge in [-0.25, -0.2) is 0 Å². The lowest BCUT2D eigenvalue weighted by Gasteiger charge is -2.18. The van der Waals surface area contributed by atoms with Gasteiger partial charge in [0.05, 0.1) is 17.9 Å². The van der Waals surface area contributed by atoms with E-state index >= 15 is 0 Å². The van der Waals surface area contributed by atoms with Crippen LogP contribution < -0.4 is 0 Å². The second-order valence-corrected chi connectivity index (χ2v) is 3.72. The van der Waals surface area contributed by atoms with Crippen molar-refractivity contribution in [3.05, 3.63) is 30.1 Å². The van der Waals surface area contributed by atoms with Crippen molar-refractivity contribution in [3.63, 3.8) is 0 Å². The van der Waals surface area contributed by atoms with Gasteiger partial charge in [0.25, 0.3) is 0 Å². The first-order valence-electron chi connectivity index (χ1n) is 4.12. The topological polar surface area (TPSA) is 22.1 Å². The molecule has 12 heavy (non-hydrogen) atoms. The number of hydrogen-bond donors (Lipinski definition) is 0. The van der Waals surface area contributed by atoms with Crippen molar-refractivity contribution in [3.8, 4) is 0 Å². The second-order valence-electron chi connectivity index (χ2n) is 3.72. The Morgan fingerprint density at radius 2 is 2.08 bits per heavy atom. The molecule has 0 aromatic carbocycles. The van der Waals surface area contributed by atoms with Crippen LogP contribution in [-0.4, -0.2) is 10.6 Å². The number of ether oxygens (including phenoxy) is 1. The molecule has 0 atom stereocenters. The molecule has 0 spiro atoms. The van der Waals surface area contributed by atoms with Gasteiger partial charge in [0.2, 0.25) is 0 Å². The predicted octanol–water partition coefficient (Wildman–Crippen LogP) is 2.40. The summed E-state index contributed by atoms with van der Waals surface area (Å²) in [5.41, 5.74) is 0.893. The Hall–Kier alpha value is -0.890. The minimum atomic E-state index is -0.0858. The Morgan fingerprint density at radius 1 is 1.33 bits per heavy atom. The average molecular weight is 165 g/mol. The van der Waals surface area contributed by atoms with Crippen molar-refractivity contribution in [2.45, 2.75) is 33.0 Å². The highest BCUT2D eigenvalue weighted by Crippen LogP contribution is 2.09. The molecule has 0 bridgehead atoms. The summed E-state index contributed by atoms with van der Waals surface area (Å²) < 4.78 is 5.55. The van der Waals surface area contributed by atoms with Gasteiger partial charge >= 0.3 is 0 Å². The monoisotopic (exact) mass is 165 g/mol. The van der Waals surface area contributed by atoms with Gasteiger partial charge in [0.15, 0.2) is 0 Å². The molecule has 1 aromatic rings. The van der Waals surface area contributed by atoms with Crippen LogP contribution in [0.25, 0.3) is 0 Å². The molecule has 0 aliphatic carbocycles. The maximum absolute atomic E-state index is 5.55. The Balaban J connectivity index is 2.44. The van der Waals surface area contributed by atoms with Gasteiger partial charge in [-0.1, -0.05) is 6.07 Å². The van der Waals surface area contributed by atoms with Crippen LogP contribution in [0.4, 0.5) is 0 Å². The van der Waals surface area contributed by atoms with Crippen LogP contribution in [0.15, 0.2) is 24.4 Å². The molecule has 2 nitrogen and oxygen atoms in total. The molecule has 0 aliphatic heterocycles. The fourth-order valence-corrected chi connectivity index (χ4v) is 0.774. The van der Waals surface area contributed by atoms with Crippen LogP contribution in [0.3, 0.4) is 0 Å². The van der Waals surface area contributed by atoms with Gasteiger partial charge < -0.3 is 4.74 Å². The summed E-state index contributed by atoms with van der Waals surface area (Å²) >= 11 is 0. The van der Waals surface area contributed by atoms with Gasteiger partial charge in [-0.05, 0) is 32.9 Å². The number of rotatable bonds is 2. The zero-order chi connectivity index (χ0) is 9.03. The molecule has 66 valence electrons. The smallest absolute Gasteiger partial charge is 0.0894 e. The molecule has 1 rings (SSSR count). The summed E-state index contributed by atoms with van der Waals surface area (Å²) in [5, 5.41) is 0. The van der Waals surface area contributed by atoms with E-state index in [-0.39, 0.29) is 5.60 Å². The summed E-state index contributed by atoms with van der Waals surface area (Å²) in [5.74, 6) is 0. The lowest BCUT2D eigenvalue weighted by Crippen LogP contribution is -2.18. The maximum Gasteiger partial charge on any atom is 0.0894 e. The third-order valence-corrected chi connectivity index (χ3v) is 1.38. The summed E-state index contributed by atoms with van der Waals surface area (Å²) in [6.45, 7) is 6.70. The van der Waals surface area contributed by atoms with Crippen molar-refractivity contribution >= 4 is 0 Å². The van der Waals surface area contributed by atoms with E-state index in [1.165, 1.54) is 0 Å². The summed E-state index contributed by atoms with van der Waals surface area (Å²) in [7, 11) is 0. The third kappa shape index (κ3) is 3.49. The third-order valence-electron chi connectivity index (χ3n) is 1.38. The first-order valence-corrected chi connectivity index (χ1v) is 4.12. The lowest BCUT2D eigenvalue weighted by molar-refractivity contribution is -0.0164. The average Bonchev–Trinajstić information content (AvgIpc) is 2.02. The Morgan fingerprint density at radius 3 is 2.58 bits per heavy atom. The Labute approximate surface area is 73.6 Å². The second kappa shape index (κ2) is 3.68. The first kappa shape index (κ1) is 9.20. The van der Waals surface area contributed by atoms with Crippen molar-refractivity contribution in [1.82, 2.24) is 4.98 Å². The van der Waals surface area contributed by atoms with E-state index in [9.17, 15) is 0 Å². The number of aromatic nitrogens is 1. The largest absolute Gasteiger partial charge is 0.370 e. The van der Waals surface area contributed by atoms with Gasteiger partial charge in [-0.2, -0.15) is 0 Å². The molecule has 1 aromatic heterocycles. The van der Waals surface area contributed by atoms with Gasteiger partial charge in [0.1, 0.15) is 0 Å². The fourth-order valence-electron chi connectivity index (χ4n) is 0.774. The molecule has 0 fully saturated rings. The van der Waals surface area contributed by atoms with Gasteiger partial charge in [-0.3, -0.25) is 4.98 Å². The minimum absolute atomic E-state index is 0.0858. The molecule has 0 saturated heterocycles. The lowest BCUT2D eigenvalue weighted by atomic mass is 10.2. The summed E-state index contributed by atoms with van der Waals surface area (Å²) in [4.78, 5) is 4.16. The number of nitrogens with zero attached hydrogens (tertiary/aromatic N) is 1. The zero-order valence-corrected chi connectivity index (χ0v) is 7.87. The summed E-state index contributed by atoms with van der Waals surface area (Å²) in [6.07, 6.45) is 1.78. The van der Waals surface area contributed by atoms with E-state index in [2.05, 4.69) is 4.98 Å². The van der Waals surface area contributed by atoms with Crippen LogP contribution in [0.2, 0.25) is 0 Å². The van der Waals surface area contributed by atoms with Crippen molar-refractivity contribution in [1.29, 1.82) is 0 Å². The highest BCUT2D eigenvalue weighted by molar-refractivity contribution is 5.01. The van der Waals surface area contributed by atoms with Crippen LogP contribution in [0.5, 0.6) is 0 Å². The van der Waals surface area contributed by atoms with Crippen molar-refractivity contribution < 1.29 is 4.74 Å². The van der Waals surface area contributed by atoms with Crippen molar-refractivity contribution in [2.75, 3.05) is 0 Å².